The molecule has 0 spiro atoms. The molecule has 0 bridgehead atoms. The third kappa shape index (κ3) is 1.53. The molecule has 0 fully saturated rings. The van der Waals surface area contributed by atoms with Crippen molar-refractivity contribution in [3.05, 3.63) is 66.5 Å². The van der Waals surface area contributed by atoms with E-state index in [1.54, 1.807) is 0 Å². The molecular formula is C17H13N3. The van der Waals surface area contributed by atoms with Gasteiger partial charge in [-0.25, -0.2) is 9.50 Å². The van der Waals surface area contributed by atoms with Crippen molar-refractivity contribution in [3.8, 4) is 11.3 Å². The van der Waals surface area contributed by atoms with Crippen LogP contribution < -0.4 is 0 Å². The molecule has 2 aromatic heterocycles. The number of benzene rings is 2. The van der Waals surface area contributed by atoms with Crippen LogP contribution >= 0.6 is 0 Å². The lowest BCUT2D eigenvalue weighted by molar-refractivity contribution is 0.922. The van der Waals surface area contributed by atoms with Crippen molar-refractivity contribution in [2.24, 2.45) is 0 Å². The smallest absolute Gasteiger partial charge is 0.162 e. The molecule has 0 radical (unpaired) electrons. The second-order valence-corrected chi connectivity index (χ2v) is 4.88. The minimum atomic E-state index is 0.907. The van der Waals surface area contributed by atoms with Gasteiger partial charge in [0.1, 0.15) is 0 Å². The maximum atomic E-state index is 4.69. The molecule has 20 heavy (non-hydrogen) atoms. The summed E-state index contributed by atoms with van der Waals surface area (Å²) >= 11 is 0. The summed E-state index contributed by atoms with van der Waals surface area (Å²) in [5.74, 6) is 0. The highest BCUT2D eigenvalue weighted by atomic mass is 15.3. The van der Waals surface area contributed by atoms with Crippen LogP contribution in [0.5, 0.6) is 0 Å². The summed E-state index contributed by atoms with van der Waals surface area (Å²) < 4.78 is 1.94. The van der Waals surface area contributed by atoms with E-state index in [4.69, 9.17) is 5.10 Å². The number of nitrogens with zero attached hydrogens (tertiary/aromatic N) is 3. The highest BCUT2D eigenvalue weighted by molar-refractivity contribution is 5.95. The van der Waals surface area contributed by atoms with Crippen molar-refractivity contribution in [3.63, 3.8) is 0 Å². The molecule has 0 saturated heterocycles. The van der Waals surface area contributed by atoms with Gasteiger partial charge in [-0.05, 0) is 6.92 Å². The molecule has 0 aliphatic carbocycles. The molecule has 0 aliphatic rings. The first-order valence-electron chi connectivity index (χ1n) is 6.63. The predicted octanol–water partition coefficient (Wildman–Crippen LogP) is 3.86. The third-order valence-electron chi connectivity index (χ3n) is 3.62. The van der Waals surface area contributed by atoms with E-state index < -0.39 is 0 Å². The summed E-state index contributed by atoms with van der Waals surface area (Å²) in [4.78, 5) is 4.56. The Balaban J connectivity index is 2.12. The highest BCUT2D eigenvalue weighted by Crippen LogP contribution is 2.25. The van der Waals surface area contributed by atoms with Crippen molar-refractivity contribution >= 4 is 16.4 Å². The van der Waals surface area contributed by atoms with Gasteiger partial charge in [-0.15, -0.1) is 0 Å². The quantitative estimate of drug-likeness (QED) is 0.519. The van der Waals surface area contributed by atoms with Gasteiger partial charge in [0.05, 0.1) is 17.6 Å². The number of imidazole rings is 1. The van der Waals surface area contributed by atoms with Gasteiger partial charge < -0.3 is 0 Å². The fourth-order valence-corrected chi connectivity index (χ4v) is 2.63. The van der Waals surface area contributed by atoms with Crippen molar-refractivity contribution in [1.29, 1.82) is 0 Å². The summed E-state index contributed by atoms with van der Waals surface area (Å²) in [6.45, 7) is 2.04. The zero-order chi connectivity index (χ0) is 13.5. The maximum absolute atomic E-state index is 4.69. The zero-order valence-corrected chi connectivity index (χ0v) is 11.1. The van der Waals surface area contributed by atoms with Gasteiger partial charge in [0.25, 0.3) is 0 Å². The minimum Gasteiger partial charge on any atom is -0.234 e. The van der Waals surface area contributed by atoms with E-state index in [0.29, 0.717) is 0 Å². The van der Waals surface area contributed by atoms with Crippen LogP contribution in [0.15, 0.2) is 60.8 Å². The zero-order valence-electron chi connectivity index (χ0n) is 11.1. The topological polar surface area (TPSA) is 30.2 Å². The minimum absolute atomic E-state index is 0.907. The van der Waals surface area contributed by atoms with Crippen LogP contribution in [0.3, 0.4) is 0 Å². The Bertz CT molecular complexity index is 907. The number of hydrogen-bond donors (Lipinski definition) is 0. The molecule has 0 N–H and O–H groups in total. The molecular weight excluding hydrogens is 246 g/mol. The standard InChI is InChI=1S/C17H13N3/c1-12-14-9-5-6-10-15(14)17-18-11-16(20(17)19-12)13-7-3-2-4-8-13/h2-11H,1H3. The first kappa shape index (κ1) is 11.2. The van der Waals surface area contributed by atoms with Gasteiger partial charge in [0, 0.05) is 16.3 Å². The van der Waals surface area contributed by atoms with E-state index in [2.05, 4.69) is 29.2 Å². The molecule has 3 nitrogen and oxygen atoms in total. The molecule has 4 rings (SSSR count). The fraction of sp³-hybridized carbons (Fsp3) is 0.0588. The van der Waals surface area contributed by atoms with Crippen LogP contribution in [0.2, 0.25) is 0 Å². The number of rotatable bonds is 1. The van der Waals surface area contributed by atoms with E-state index in [1.165, 1.54) is 0 Å². The van der Waals surface area contributed by atoms with Crippen molar-refractivity contribution in [2.75, 3.05) is 0 Å². The predicted molar refractivity (Wildman–Crippen MR) is 80.7 cm³/mol. The second-order valence-electron chi connectivity index (χ2n) is 4.88. The number of fused-ring (bicyclic) bond motifs is 3. The Morgan fingerprint density at radius 1 is 0.850 bits per heavy atom. The van der Waals surface area contributed by atoms with Crippen LogP contribution in [0.25, 0.3) is 27.7 Å². The van der Waals surface area contributed by atoms with Crippen molar-refractivity contribution < 1.29 is 0 Å². The summed E-state index contributed by atoms with van der Waals surface area (Å²) in [5, 5.41) is 6.99. The average molecular weight is 259 g/mol. The number of hydrogen-bond acceptors (Lipinski definition) is 2. The Labute approximate surface area is 116 Å². The number of aromatic nitrogens is 3. The Kier molecular flexibility index (Phi) is 2.33. The fourth-order valence-electron chi connectivity index (χ4n) is 2.63. The lowest BCUT2D eigenvalue weighted by atomic mass is 10.1. The van der Waals surface area contributed by atoms with Crippen LogP contribution in [0, 0.1) is 6.92 Å². The summed E-state index contributed by atoms with van der Waals surface area (Å²) in [5.41, 5.74) is 4.07. The summed E-state index contributed by atoms with van der Waals surface area (Å²) in [7, 11) is 0. The van der Waals surface area contributed by atoms with Crippen LogP contribution in [-0.2, 0) is 0 Å². The van der Waals surface area contributed by atoms with Gasteiger partial charge in [-0.3, -0.25) is 0 Å². The van der Waals surface area contributed by atoms with Crippen LogP contribution in [0.4, 0.5) is 0 Å². The molecule has 0 saturated carbocycles. The molecule has 0 unspecified atom stereocenters. The lowest BCUT2D eigenvalue weighted by Crippen LogP contribution is -1.98. The molecule has 0 aliphatic heterocycles. The summed E-state index contributed by atoms with van der Waals surface area (Å²) in [6, 6.07) is 18.5. The molecule has 3 heteroatoms. The van der Waals surface area contributed by atoms with Crippen molar-refractivity contribution in [2.45, 2.75) is 6.92 Å². The van der Waals surface area contributed by atoms with E-state index in [0.717, 1.165) is 33.4 Å². The van der Waals surface area contributed by atoms with Crippen LogP contribution in [0.1, 0.15) is 5.69 Å². The van der Waals surface area contributed by atoms with E-state index in [-0.39, 0.29) is 0 Å². The SMILES string of the molecule is Cc1nn2c(-c3ccccc3)cnc2c2ccccc12. The Morgan fingerprint density at radius 2 is 1.55 bits per heavy atom. The van der Waals surface area contributed by atoms with Gasteiger partial charge >= 0.3 is 0 Å². The normalized spacial score (nSPS) is 11.2. The van der Waals surface area contributed by atoms with Gasteiger partial charge in [0.15, 0.2) is 5.65 Å². The average Bonchev–Trinajstić information content (AvgIpc) is 2.92. The molecule has 2 aromatic carbocycles. The number of aryl methyl sites for hydroxylation is 1. The Morgan fingerprint density at radius 3 is 2.35 bits per heavy atom. The largest absolute Gasteiger partial charge is 0.234 e. The lowest BCUT2D eigenvalue weighted by Gasteiger charge is -2.06. The first-order chi connectivity index (χ1) is 9.84. The monoisotopic (exact) mass is 259 g/mol. The highest BCUT2D eigenvalue weighted by Gasteiger charge is 2.11. The second kappa shape index (κ2) is 4.17. The van der Waals surface area contributed by atoms with Crippen LogP contribution in [-0.4, -0.2) is 14.6 Å². The molecule has 4 aromatic rings. The molecule has 96 valence electrons. The van der Waals surface area contributed by atoms with E-state index >= 15 is 0 Å². The van der Waals surface area contributed by atoms with E-state index in [9.17, 15) is 0 Å². The Hall–Kier alpha value is -2.68. The van der Waals surface area contributed by atoms with Crippen molar-refractivity contribution in [1.82, 2.24) is 14.6 Å². The van der Waals surface area contributed by atoms with Gasteiger partial charge in [-0.2, -0.15) is 5.10 Å². The maximum Gasteiger partial charge on any atom is 0.162 e. The van der Waals surface area contributed by atoms with Gasteiger partial charge in [0.2, 0.25) is 0 Å². The summed E-state index contributed by atoms with van der Waals surface area (Å²) in [6.07, 6.45) is 1.89. The third-order valence-corrected chi connectivity index (χ3v) is 3.62. The molecule has 0 atom stereocenters. The van der Waals surface area contributed by atoms with E-state index in [1.807, 2.05) is 48.0 Å². The molecule has 2 heterocycles. The van der Waals surface area contributed by atoms with Gasteiger partial charge in [-0.1, -0.05) is 54.6 Å². The molecule has 0 amide bonds. The first-order valence-corrected chi connectivity index (χ1v) is 6.63.